The molecule has 0 spiro atoms. The summed E-state index contributed by atoms with van der Waals surface area (Å²) in [4.78, 5) is 36.4. The molecule has 1 aromatic carbocycles. The van der Waals surface area contributed by atoms with Gasteiger partial charge in [0.05, 0.1) is 0 Å². The number of carbonyl (C=O) groups excluding carboxylic acids is 2. The summed E-state index contributed by atoms with van der Waals surface area (Å²) in [6.07, 6.45) is 5.77. The van der Waals surface area contributed by atoms with E-state index in [4.69, 9.17) is 0 Å². The largest absolute Gasteiger partial charge is 0.346 e. The fourth-order valence-electron chi connectivity index (χ4n) is 3.29. The van der Waals surface area contributed by atoms with Crippen LogP contribution in [0.3, 0.4) is 0 Å². The van der Waals surface area contributed by atoms with Gasteiger partial charge in [-0.3, -0.25) is 14.2 Å². The van der Waals surface area contributed by atoms with Crippen LogP contribution in [0.1, 0.15) is 37.9 Å². The van der Waals surface area contributed by atoms with E-state index in [1.54, 1.807) is 28.8 Å². The van der Waals surface area contributed by atoms with Crippen LogP contribution in [0.4, 0.5) is 11.4 Å². The van der Waals surface area contributed by atoms with Gasteiger partial charge in [0.2, 0.25) is 11.8 Å². The molecule has 2 amide bonds. The van der Waals surface area contributed by atoms with Gasteiger partial charge in [0.1, 0.15) is 12.4 Å². The maximum absolute atomic E-state index is 12.4. The highest BCUT2D eigenvalue weighted by Gasteiger charge is 2.29. The molecular weight excluding hydrogens is 346 g/mol. The third kappa shape index (κ3) is 4.10. The van der Waals surface area contributed by atoms with Gasteiger partial charge in [-0.2, -0.15) is 5.10 Å². The van der Waals surface area contributed by atoms with Gasteiger partial charge in [0, 0.05) is 30.3 Å². The Kier molecular flexibility index (Phi) is 4.79. The average molecular weight is 369 g/mol. The Labute approximate surface area is 156 Å². The van der Waals surface area contributed by atoms with Crippen molar-refractivity contribution in [1.29, 1.82) is 0 Å². The predicted octanol–water partition coefficient (Wildman–Crippen LogP) is 1.76. The molecule has 142 valence electrons. The minimum Gasteiger partial charge on any atom is -0.326 e. The second kappa shape index (κ2) is 7.38. The molecular formula is C19H23N5O3. The Hall–Kier alpha value is -2.90. The van der Waals surface area contributed by atoms with Gasteiger partial charge in [0.25, 0.3) is 0 Å². The van der Waals surface area contributed by atoms with Crippen molar-refractivity contribution < 1.29 is 9.59 Å². The molecule has 1 aliphatic carbocycles. The van der Waals surface area contributed by atoms with E-state index in [-0.39, 0.29) is 30.0 Å². The van der Waals surface area contributed by atoms with Crippen molar-refractivity contribution in [3.63, 3.8) is 0 Å². The molecule has 0 unspecified atom stereocenters. The molecule has 0 saturated heterocycles. The van der Waals surface area contributed by atoms with Crippen molar-refractivity contribution in [2.24, 2.45) is 5.92 Å². The van der Waals surface area contributed by atoms with E-state index in [9.17, 15) is 14.4 Å². The van der Waals surface area contributed by atoms with E-state index in [0.717, 1.165) is 44.3 Å². The molecule has 0 atom stereocenters. The lowest BCUT2D eigenvalue weighted by molar-refractivity contribution is -0.118. The number of amides is 2. The van der Waals surface area contributed by atoms with E-state index in [1.807, 2.05) is 0 Å². The number of benzene rings is 1. The summed E-state index contributed by atoms with van der Waals surface area (Å²) < 4.78 is 2.91. The van der Waals surface area contributed by atoms with E-state index in [1.165, 1.54) is 4.68 Å². The Morgan fingerprint density at radius 2 is 1.74 bits per heavy atom. The first-order valence-electron chi connectivity index (χ1n) is 9.47. The van der Waals surface area contributed by atoms with Crippen LogP contribution in [0.25, 0.3) is 0 Å². The molecule has 2 aromatic rings. The number of anilines is 2. The zero-order chi connectivity index (χ0) is 18.8. The van der Waals surface area contributed by atoms with E-state index in [2.05, 4.69) is 15.7 Å². The number of hydrogen-bond donors (Lipinski definition) is 2. The zero-order valence-electron chi connectivity index (χ0n) is 15.1. The summed E-state index contributed by atoms with van der Waals surface area (Å²) in [6, 6.07) is 6.96. The maximum atomic E-state index is 12.4. The number of fused-ring (bicyclic) bond motifs is 1. The fraction of sp³-hybridized carbons (Fsp3) is 0.474. The molecule has 1 aliphatic heterocycles. The standard InChI is InChI=1S/C19H23N5O3/c25-17(12-24-19(27)23-11-3-1-2-4-16(23)22-24)20-14-7-9-15(10-8-14)21-18(26)13-5-6-13/h7-10,13H,1-6,11-12H2,(H,20,25)(H,21,26). The van der Waals surface area contributed by atoms with Crippen LogP contribution in [0.2, 0.25) is 0 Å². The Morgan fingerprint density at radius 1 is 1.04 bits per heavy atom. The lowest BCUT2D eigenvalue weighted by Gasteiger charge is -2.07. The smallest absolute Gasteiger partial charge is 0.326 e. The van der Waals surface area contributed by atoms with E-state index in [0.29, 0.717) is 17.9 Å². The van der Waals surface area contributed by atoms with Gasteiger partial charge in [-0.1, -0.05) is 6.42 Å². The van der Waals surface area contributed by atoms with Crippen LogP contribution in [-0.2, 0) is 29.1 Å². The van der Waals surface area contributed by atoms with Crippen LogP contribution in [0.15, 0.2) is 29.1 Å². The Bertz CT molecular complexity index is 908. The van der Waals surface area contributed by atoms with Crippen LogP contribution >= 0.6 is 0 Å². The van der Waals surface area contributed by atoms with Crippen molar-refractivity contribution >= 4 is 23.2 Å². The quantitative estimate of drug-likeness (QED) is 0.839. The van der Waals surface area contributed by atoms with Gasteiger partial charge in [-0.25, -0.2) is 9.48 Å². The molecule has 4 rings (SSSR count). The summed E-state index contributed by atoms with van der Waals surface area (Å²) >= 11 is 0. The van der Waals surface area contributed by atoms with Gasteiger partial charge >= 0.3 is 5.69 Å². The number of nitrogens with zero attached hydrogens (tertiary/aromatic N) is 3. The van der Waals surface area contributed by atoms with Crippen LogP contribution in [0, 0.1) is 5.92 Å². The number of nitrogens with one attached hydrogen (secondary N) is 2. The molecule has 1 saturated carbocycles. The summed E-state index contributed by atoms with van der Waals surface area (Å²) in [5.74, 6) is 0.652. The second-order valence-electron chi connectivity index (χ2n) is 7.21. The van der Waals surface area contributed by atoms with Crippen molar-refractivity contribution in [3.8, 4) is 0 Å². The third-order valence-corrected chi connectivity index (χ3v) is 4.96. The number of rotatable bonds is 5. The topological polar surface area (TPSA) is 98.0 Å². The van der Waals surface area contributed by atoms with Crippen molar-refractivity contribution in [1.82, 2.24) is 14.3 Å². The average Bonchev–Trinajstić information content (AvgIpc) is 3.47. The second-order valence-corrected chi connectivity index (χ2v) is 7.21. The molecule has 0 bridgehead atoms. The molecule has 1 aromatic heterocycles. The summed E-state index contributed by atoms with van der Waals surface area (Å²) in [7, 11) is 0. The maximum Gasteiger partial charge on any atom is 0.346 e. The van der Waals surface area contributed by atoms with Gasteiger partial charge in [-0.15, -0.1) is 0 Å². The van der Waals surface area contributed by atoms with Gasteiger partial charge in [0.15, 0.2) is 0 Å². The van der Waals surface area contributed by atoms with E-state index < -0.39 is 0 Å². The van der Waals surface area contributed by atoms with Crippen LogP contribution in [-0.4, -0.2) is 26.2 Å². The van der Waals surface area contributed by atoms with Crippen molar-refractivity contribution in [3.05, 3.63) is 40.6 Å². The number of aromatic nitrogens is 3. The predicted molar refractivity (Wildman–Crippen MR) is 100 cm³/mol. The van der Waals surface area contributed by atoms with Crippen LogP contribution < -0.4 is 16.3 Å². The highest BCUT2D eigenvalue weighted by Crippen LogP contribution is 2.30. The Morgan fingerprint density at radius 3 is 2.44 bits per heavy atom. The Balaban J connectivity index is 1.36. The SMILES string of the molecule is O=C(Cn1nc2n(c1=O)CCCCC2)Nc1ccc(NC(=O)C2CC2)cc1. The number of aryl methyl sites for hydroxylation is 1. The molecule has 27 heavy (non-hydrogen) atoms. The first-order chi connectivity index (χ1) is 13.1. The molecule has 8 nitrogen and oxygen atoms in total. The van der Waals surface area contributed by atoms with Gasteiger partial charge < -0.3 is 10.6 Å². The molecule has 0 radical (unpaired) electrons. The molecule has 2 aliphatic rings. The zero-order valence-corrected chi connectivity index (χ0v) is 15.1. The normalized spacial score (nSPS) is 16.3. The number of hydrogen-bond acceptors (Lipinski definition) is 4. The number of carbonyl (C=O) groups is 2. The van der Waals surface area contributed by atoms with Crippen LogP contribution in [0.5, 0.6) is 0 Å². The lowest BCUT2D eigenvalue weighted by Crippen LogP contribution is -2.30. The highest BCUT2D eigenvalue weighted by molar-refractivity contribution is 5.95. The highest BCUT2D eigenvalue weighted by atomic mass is 16.2. The minimum absolute atomic E-state index is 0.0470. The first kappa shape index (κ1) is 17.5. The molecule has 2 N–H and O–H groups in total. The molecule has 1 fully saturated rings. The summed E-state index contributed by atoms with van der Waals surface area (Å²) in [5, 5.41) is 9.94. The van der Waals surface area contributed by atoms with Gasteiger partial charge in [-0.05, 0) is 49.9 Å². The first-order valence-corrected chi connectivity index (χ1v) is 9.47. The minimum atomic E-state index is -0.305. The molecule has 2 heterocycles. The van der Waals surface area contributed by atoms with E-state index >= 15 is 0 Å². The third-order valence-electron chi connectivity index (χ3n) is 4.96. The van der Waals surface area contributed by atoms with Crippen molar-refractivity contribution in [2.45, 2.75) is 51.6 Å². The van der Waals surface area contributed by atoms with Crippen molar-refractivity contribution in [2.75, 3.05) is 10.6 Å². The summed E-state index contributed by atoms with van der Waals surface area (Å²) in [5.41, 5.74) is 1.09. The lowest BCUT2D eigenvalue weighted by atomic mass is 10.2. The summed E-state index contributed by atoms with van der Waals surface area (Å²) in [6.45, 7) is 0.558. The monoisotopic (exact) mass is 369 g/mol. The molecule has 8 heteroatoms. The fourth-order valence-corrected chi connectivity index (χ4v) is 3.29.